The van der Waals surface area contributed by atoms with Crippen molar-refractivity contribution in [3.05, 3.63) is 63.6 Å². The van der Waals surface area contributed by atoms with Gasteiger partial charge in [-0.25, -0.2) is 0 Å². The molecule has 1 aliphatic rings. The third kappa shape index (κ3) is 3.74. The van der Waals surface area contributed by atoms with E-state index in [1.165, 1.54) is 7.11 Å². The summed E-state index contributed by atoms with van der Waals surface area (Å²) in [7, 11) is 1.23. The van der Waals surface area contributed by atoms with E-state index in [1.807, 2.05) is 26.0 Å². The third-order valence-corrected chi connectivity index (χ3v) is 5.65. The quantitative estimate of drug-likeness (QED) is 0.294. The van der Waals surface area contributed by atoms with Gasteiger partial charge in [-0.1, -0.05) is 52.7 Å². The second-order valence-electron chi connectivity index (χ2n) is 6.87. The van der Waals surface area contributed by atoms with Gasteiger partial charge in [0.25, 0.3) is 0 Å². The molecule has 0 aromatic heterocycles. The molecular formula is C22H21BrO5. The van der Waals surface area contributed by atoms with E-state index < -0.39 is 29.7 Å². The van der Waals surface area contributed by atoms with Crippen LogP contribution in [0, 0.1) is 18.8 Å². The van der Waals surface area contributed by atoms with Crippen LogP contribution in [0.3, 0.4) is 0 Å². The van der Waals surface area contributed by atoms with Gasteiger partial charge in [0, 0.05) is 27.4 Å². The Kier molecular flexibility index (Phi) is 5.98. The highest BCUT2D eigenvalue weighted by Gasteiger charge is 2.48. The number of carbonyl (C=O) groups is 3. The van der Waals surface area contributed by atoms with Gasteiger partial charge in [0.15, 0.2) is 11.7 Å². The number of rotatable bonds is 5. The first-order valence-electron chi connectivity index (χ1n) is 9.07. The molecule has 3 rings (SSSR count). The molecule has 0 amide bonds. The van der Waals surface area contributed by atoms with Gasteiger partial charge in [-0.15, -0.1) is 0 Å². The van der Waals surface area contributed by atoms with Crippen molar-refractivity contribution in [3.8, 4) is 5.75 Å². The molecule has 1 heterocycles. The number of ether oxygens (including phenoxy) is 2. The molecule has 0 saturated heterocycles. The Labute approximate surface area is 172 Å². The van der Waals surface area contributed by atoms with Crippen molar-refractivity contribution in [2.75, 3.05) is 7.11 Å². The van der Waals surface area contributed by atoms with Crippen LogP contribution < -0.4 is 4.74 Å². The Morgan fingerprint density at radius 2 is 1.86 bits per heavy atom. The molecule has 0 unspecified atom stereocenters. The van der Waals surface area contributed by atoms with Crippen molar-refractivity contribution in [3.63, 3.8) is 0 Å². The molecule has 0 bridgehead atoms. The van der Waals surface area contributed by atoms with Crippen molar-refractivity contribution in [1.82, 2.24) is 0 Å². The maximum absolute atomic E-state index is 13.3. The third-order valence-electron chi connectivity index (χ3n) is 5.16. The number of aryl methyl sites for hydroxylation is 1. The lowest BCUT2D eigenvalue weighted by atomic mass is 9.71. The van der Waals surface area contributed by atoms with E-state index in [0.717, 1.165) is 10.0 Å². The Bertz CT molecular complexity index is 919. The highest BCUT2D eigenvalue weighted by molar-refractivity contribution is 9.10. The molecular weight excluding hydrogens is 424 g/mol. The fraction of sp³-hybridized carbons (Fsp3) is 0.318. The molecule has 0 radical (unpaired) electrons. The Morgan fingerprint density at radius 1 is 1.18 bits per heavy atom. The van der Waals surface area contributed by atoms with Gasteiger partial charge in [-0.3, -0.25) is 14.4 Å². The summed E-state index contributed by atoms with van der Waals surface area (Å²) >= 11 is 3.43. The van der Waals surface area contributed by atoms with Crippen LogP contribution in [0.4, 0.5) is 0 Å². The molecule has 146 valence electrons. The van der Waals surface area contributed by atoms with E-state index in [0.29, 0.717) is 23.3 Å². The zero-order valence-electron chi connectivity index (χ0n) is 15.9. The summed E-state index contributed by atoms with van der Waals surface area (Å²) in [4.78, 5) is 38.4. The molecule has 2 aromatic carbocycles. The number of hydrogen-bond acceptors (Lipinski definition) is 5. The molecule has 5 nitrogen and oxygen atoms in total. The number of methoxy groups -OCH3 is 1. The second-order valence-corrected chi connectivity index (χ2v) is 7.79. The monoisotopic (exact) mass is 444 g/mol. The number of ketones is 1. The van der Waals surface area contributed by atoms with Crippen LogP contribution in [-0.4, -0.2) is 24.8 Å². The minimum atomic E-state index is -1.19. The molecule has 0 N–H and O–H groups in total. The molecule has 0 spiro atoms. The molecule has 28 heavy (non-hydrogen) atoms. The zero-order chi connectivity index (χ0) is 20.4. The molecule has 3 atom stereocenters. The summed E-state index contributed by atoms with van der Waals surface area (Å²) in [5.41, 5.74) is 2.25. The topological polar surface area (TPSA) is 69.7 Å². The number of benzene rings is 2. The molecule has 2 aromatic rings. The number of fused-ring (bicyclic) bond motifs is 1. The van der Waals surface area contributed by atoms with Gasteiger partial charge < -0.3 is 9.47 Å². The van der Waals surface area contributed by atoms with Gasteiger partial charge >= 0.3 is 11.9 Å². The van der Waals surface area contributed by atoms with Crippen LogP contribution in [0.1, 0.15) is 40.7 Å². The minimum absolute atomic E-state index is 0.109. The summed E-state index contributed by atoms with van der Waals surface area (Å²) in [6.07, 6.45) is 0.462. The summed E-state index contributed by atoms with van der Waals surface area (Å²) in [6.45, 7) is 3.83. The normalized spacial score (nSPS) is 19.4. The van der Waals surface area contributed by atoms with Crippen LogP contribution >= 0.6 is 15.9 Å². The summed E-state index contributed by atoms with van der Waals surface area (Å²) in [5.74, 6) is -3.56. The molecule has 0 saturated carbocycles. The van der Waals surface area contributed by atoms with Crippen LogP contribution in [0.2, 0.25) is 0 Å². The van der Waals surface area contributed by atoms with E-state index in [2.05, 4.69) is 15.9 Å². The summed E-state index contributed by atoms with van der Waals surface area (Å²) in [6, 6.07) is 12.5. The Hall–Kier alpha value is -2.47. The lowest BCUT2D eigenvalue weighted by molar-refractivity contribution is -0.158. The largest absolute Gasteiger partial charge is 0.468 e. The Balaban J connectivity index is 2.13. The van der Waals surface area contributed by atoms with Crippen LogP contribution in [0.15, 0.2) is 46.9 Å². The van der Waals surface area contributed by atoms with Crippen molar-refractivity contribution < 1.29 is 23.9 Å². The number of carbonyl (C=O) groups excluding carboxylic acids is 3. The van der Waals surface area contributed by atoms with Crippen LogP contribution in [0.25, 0.3) is 0 Å². The van der Waals surface area contributed by atoms with Crippen molar-refractivity contribution in [2.24, 2.45) is 11.8 Å². The number of halogens is 1. The van der Waals surface area contributed by atoms with Gasteiger partial charge in [-0.05, 0) is 31.5 Å². The first kappa shape index (κ1) is 20.3. The summed E-state index contributed by atoms with van der Waals surface area (Å²) in [5, 5.41) is 0. The molecule has 6 heteroatoms. The van der Waals surface area contributed by atoms with Gasteiger partial charge in [0.05, 0.1) is 7.11 Å². The van der Waals surface area contributed by atoms with E-state index in [-0.39, 0.29) is 5.78 Å². The number of Topliss-reactive ketones (excluding diaryl/α,β-unsaturated/α-hetero) is 1. The summed E-state index contributed by atoms with van der Waals surface area (Å²) < 4.78 is 11.0. The van der Waals surface area contributed by atoms with Crippen LogP contribution in [-0.2, 0) is 14.3 Å². The SMILES string of the molecule is CC[C@@H](C(=O)c1ccc(C)cc1)[C@H]1c2cc(Br)ccc2OC(=O)[C@@H]1C(=O)OC. The Morgan fingerprint density at radius 3 is 2.46 bits per heavy atom. The van der Waals surface area contributed by atoms with E-state index in [4.69, 9.17) is 9.47 Å². The first-order valence-corrected chi connectivity index (χ1v) is 9.86. The van der Waals surface area contributed by atoms with E-state index in [9.17, 15) is 14.4 Å². The average Bonchev–Trinajstić information content (AvgIpc) is 2.68. The fourth-order valence-corrected chi connectivity index (χ4v) is 4.10. The van der Waals surface area contributed by atoms with Crippen molar-refractivity contribution in [2.45, 2.75) is 26.2 Å². The number of hydrogen-bond donors (Lipinski definition) is 0. The predicted octanol–water partition coefficient (Wildman–Crippen LogP) is 4.46. The lowest BCUT2D eigenvalue weighted by Crippen LogP contribution is -2.42. The second kappa shape index (κ2) is 8.27. The van der Waals surface area contributed by atoms with Crippen LogP contribution in [0.5, 0.6) is 5.75 Å². The van der Waals surface area contributed by atoms with E-state index in [1.54, 1.807) is 30.3 Å². The number of esters is 2. The lowest BCUT2D eigenvalue weighted by Gasteiger charge is -2.34. The standard InChI is InChI=1S/C22H21BrO5/c1-4-15(20(24)13-7-5-12(2)6-8-13)18-16-11-14(23)9-10-17(16)28-22(26)19(18)21(25)27-3/h5-11,15,18-19H,4H2,1-3H3/t15-,18+,19+/m1/s1. The molecule has 0 fully saturated rings. The van der Waals surface area contributed by atoms with Crippen molar-refractivity contribution in [1.29, 1.82) is 0 Å². The first-order chi connectivity index (χ1) is 13.4. The fourth-order valence-electron chi connectivity index (χ4n) is 3.72. The zero-order valence-corrected chi connectivity index (χ0v) is 17.5. The van der Waals surface area contributed by atoms with Gasteiger partial charge in [0.2, 0.25) is 0 Å². The molecule has 0 aliphatic carbocycles. The maximum Gasteiger partial charge on any atom is 0.326 e. The van der Waals surface area contributed by atoms with Crippen molar-refractivity contribution >= 4 is 33.7 Å². The molecule has 1 aliphatic heterocycles. The van der Waals surface area contributed by atoms with E-state index >= 15 is 0 Å². The average molecular weight is 445 g/mol. The maximum atomic E-state index is 13.3. The van der Waals surface area contributed by atoms with Gasteiger partial charge in [0.1, 0.15) is 5.75 Å². The smallest absolute Gasteiger partial charge is 0.326 e. The van der Waals surface area contributed by atoms with Gasteiger partial charge in [-0.2, -0.15) is 0 Å². The predicted molar refractivity (Wildman–Crippen MR) is 107 cm³/mol. The minimum Gasteiger partial charge on any atom is -0.468 e. The highest BCUT2D eigenvalue weighted by Crippen LogP contribution is 2.45. The highest BCUT2D eigenvalue weighted by atomic mass is 79.9.